The SMILES string of the molecule is CN1CCN(c2ccc(C(=O)Nc3cc(-c4cccs4)ccc3N)cc2)CC1. The van der Waals surface area contributed by atoms with E-state index in [4.69, 9.17) is 5.73 Å². The fourth-order valence-electron chi connectivity index (χ4n) is 3.34. The molecule has 1 amide bonds. The maximum Gasteiger partial charge on any atom is 0.255 e. The molecule has 1 saturated heterocycles. The topological polar surface area (TPSA) is 61.6 Å². The second-order valence-corrected chi connectivity index (χ2v) is 8.02. The summed E-state index contributed by atoms with van der Waals surface area (Å²) < 4.78 is 0. The summed E-state index contributed by atoms with van der Waals surface area (Å²) >= 11 is 1.66. The van der Waals surface area contributed by atoms with E-state index in [1.54, 1.807) is 11.3 Å². The van der Waals surface area contributed by atoms with Gasteiger partial charge in [-0.05, 0) is 60.5 Å². The van der Waals surface area contributed by atoms with Crippen molar-refractivity contribution in [3.05, 3.63) is 65.5 Å². The maximum atomic E-state index is 12.7. The lowest BCUT2D eigenvalue weighted by molar-refractivity contribution is 0.102. The summed E-state index contributed by atoms with van der Waals surface area (Å²) in [5.41, 5.74) is 10.1. The van der Waals surface area contributed by atoms with Crippen molar-refractivity contribution in [1.29, 1.82) is 0 Å². The summed E-state index contributed by atoms with van der Waals surface area (Å²) in [4.78, 5) is 18.5. The van der Waals surface area contributed by atoms with Crippen molar-refractivity contribution in [2.45, 2.75) is 0 Å². The Balaban J connectivity index is 1.47. The van der Waals surface area contributed by atoms with E-state index in [1.807, 2.05) is 53.9 Å². The van der Waals surface area contributed by atoms with Gasteiger partial charge in [-0.15, -0.1) is 11.3 Å². The minimum Gasteiger partial charge on any atom is -0.397 e. The predicted octanol–water partition coefficient (Wildman–Crippen LogP) is 4.00. The second kappa shape index (κ2) is 8.04. The average Bonchev–Trinajstić information content (AvgIpc) is 3.25. The molecule has 2 heterocycles. The van der Waals surface area contributed by atoms with Crippen LogP contribution in [-0.2, 0) is 0 Å². The van der Waals surface area contributed by atoms with Gasteiger partial charge in [0, 0.05) is 42.3 Å². The van der Waals surface area contributed by atoms with E-state index < -0.39 is 0 Å². The van der Waals surface area contributed by atoms with Crippen molar-refractivity contribution in [1.82, 2.24) is 4.90 Å². The third-order valence-electron chi connectivity index (χ3n) is 5.11. The molecular formula is C22H24N4OS. The largest absolute Gasteiger partial charge is 0.397 e. The number of nitrogens with one attached hydrogen (secondary N) is 1. The molecule has 4 rings (SSSR count). The van der Waals surface area contributed by atoms with E-state index in [2.05, 4.69) is 28.2 Å². The number of rotatable bonds is 4. The van der Waals surface area contributed by atoms with Gasteiger partial charge >= 0.3 is 0 Å². The highest BCUT2D eigenvalue weighted by Gasteiger charge is 2.15. The summed E-state index contributed by atoms with van der Waals surface area (Å²) in [6, 6.07) is 17.6. The molecule has 0 radical (unpaired) electrons. The van der Waals surface area contributed by atoms with E-state index in [-0.39, 0.29) is 5.91 Å². The highest BCUT2D eigenvalue weighted by atomic mass is 32.1. The zero-order valence-electron chi connectivity index (χ0n) is 15.9. The van der Waals surface area contributed by atoms with Crippen molar-refractivity contribution >= 4 is 34.3 Å². The van der Waals surface area contributed by atoms with Gasteiger partial charge in [0.25, 0.3) is 5.91 Å². The zero-order chi connectivity index (χ0) is 19.5. The normalized spacial score (nSPS) is 14.8. The lowest BCUT2D eigenvalue weighted by atomic mass is 10.1. The smallest absolute Gasteiger partial charge is 0.255 e. The van der Waals surface area contributed by atoms with Gasteiger partial charge < -0.3 is 20.9 Å². The zero-order valence-corrected chi connectivity index (χ0v) is 16.7. The third kappa shape index (κ3) is 4.03. The molecule has 6 heteroatoms. The van der Waals surface area contributed by atoms with Crippen molar-refractivity contribution in [2.24, 2.45) is 0 Å². The van der Waals surface area contributed by atoms with Crippen molar-refractivity contribution in [3.8, 4) is 10.4 Å². The van der Waals surface area contributed by atoms with Gasteiger partial charge in [-0.3, -0.25) is 4.79 Å². The van der Waals surface area contributed by atoms with Crippen LogP contribution in [0.5, 0.6) is 0 Å². The number of thiophene rings is 1. The average molecular weight is 393 g/mol. The number of hydrogen-bond acceptors (Lipinski definition) is 5. The lowest BCUT2D eigenvalue weighted by Gasteiger charge is -2.34. The number of carbonyl (C=O) groups is 1. The van der Waals surface area contributed by atoms with E-state index in [0.717, 1.165) is 42.3 Å². The molecule has 28 heavy (non-hydrogen) atoms. The molecule has 0 bridgehead atoms. The molecule has 0 aliphatic carbocycles. The fourth-order valence-corrected chi connectivity index (χ4v) is 4.07. The molecule has 1 aliphatic rings. The van der Waals surface area contributed by atoms with Gasteiger partial charge in [-0.2, -0.15) is 0 Å². The number of amides is 1. The van der Waals surface area contributed by atoms with Crippen LogP contribution in [0.3, 0.4) is 0 Å². The number of anilines is 3. The number of likely N-dealkylation sites (N-methyl/N-ethyl adjacent to an activating group) is 1. The standard InChI is InChI=1S/C22H24N4OS/c1-25-10-12-26(13-11-25)18-7-4-16(5-8-18)22(27)24-20-15-17(6-9-19(20)23)21-3-2-14-28-21/h2-9,14-15H,10-13,23H2,1H3,(H,24,27). The quantitative estimate of drug-likeness (QED) is 0.659. The molecule has 1 aromatic heterocycles. The van der Waals surface area contributed by atoms with E-state index in [1.165, 1.54) is 0 Å². The molecular weight excluding hydrogens is 368 g/mol. The summed E-state index contributed by atoms with van der Waals surface area (Å²) in [5, 5.41) is 4.99. The summed E-state index contributed by atoms with van der Waals surface area (Å²) in [7, 11) is 2.14. The van der Waals surface area contributed by atoms with Crippen LogP contribution in [0.2, 0.25) is 0 Å². The highest BCUT2D eigenvalue weighted by molar-refractivity contribution is 7.13. The Morgan fingerprint density at radius 2 is 1.79 bits per heavy atom. The Morgan fingerprint density at radius 1 is 1.04 bits per heavy atom. The number of hydrogen-bond donors (Lipinski definition) is 2. The van der Waals surface area contributed by atoms with Crippen LogP contribution < -0.4 is 16.0 Å². The molecule has 1 fully saturated rings. The van der Waals surface area contributed by atoms with Crippen LogP contribution in [0, 0.1) is 0 Å². The number of nitrogen functional groups attached to an aromatic ring is 1. The third-order valence-corrected chi connectivity index (χ3v) is 6.02. The van der Waals surface area contributed by atoms with Crippen LogP contribution in [0.25, 0.3) is 10.4 Å². The molecule has 2 aromatic carbocycles. The van der Waals surface area contributed by atoms with E-state index >= 15 is 0 Å². The van der Waals surface area contributed by atoms with Crippen LogP contribution >= 0.6 is 11.3 Å². The Morgan fingerprint density at radius 3 is 2.46 bits per heavy atom. The molecule has 1 aliphatic heterocycles. The Labute approximate surface area is 169 Å². The first-order valence-electron chi connectivity index (χ1n) is 9.38. The molecule has 0 saturated carbocycles. The fraction of sp³-hybridized carbons (Fsp3) is 0.227. The molecule has 5 nitrogen and oxygen atoms in total. The lowest BCUT2D eigenvalue weighted by Crippen LogP contribution is -2.44. The Bertz CT molecular complexity index is 945. The first-order chi connectivity index (χ1) is 13.6. The molecule has 3 N–H and O–H groups in total. The van der Waals surface area contributed by atoms with Crippen LogP contribution in [-0.4, -0.2) is 44.0 Å². The molecule has 0 atom stereocenters. The number of benzene rings is 2. The van der Waals surface area contributed by atoms with Gasteiger partial charge in [0.1, 0.15) is 0 Å². The number of piperazine rings is 1. The van der Waals surface area contributed by atoms with Crippen LogP contribution in [0.4, 0.5) is 17.1 Å². The first-order valence-corrected chi connectivity index (χ1v) is 10.3. The number of carbonyl (C=O) groups excluding carboxylic acids is 1. The maximum absolute atomic E-state index is 12.7. The molecule has 0 spiro atoms. The predicted molar refractivity (Wildman–Crippen MR) is 118 cm³/mol. The van der Waals surface area contributed by atoms with Gasteiger partial charge in [-0.1, -0.05) is 12.1 Å². The number of nitrogens with two attached hydrogens (primary N) is 1. The molecule has 144 valence electrons. The van der Waals surface area contributed by atoms with E-state index in [9.17, 15) is 4.79 Å². The summed E-state index contributed by atoms with van der Waals surface area (Å²) in [5.74, 6) is -0.153. The monoisotopic (exact) mass is 392 g/mol. The van der Waals surface area contributed by atoms with Gasteiger partial charge in [0.05, 0.1) is 11.4 Å². The van der Waals surface area contributed by atoms with Crippen LogP contribution in [0.1, 0.15) is 10.4 Å². The van der Waals surface area contributed by atoms with Crippen LogP contribution in [0.15, 0.2) is 60.0 Å². The number of nitrogens with zero attached hydrogens (tertiary/aromatic N) is 2. The first kappa shape index (κ1) is 18.5. The highest BCUT2D eigenvalue weighted by Crippen LogP contribution is 2.30. The Hall–Kier alpha value is -2.83. The Kier molecular flexibility index (Phi) is 5.32. The van der Waals surface area contributed by atoms with Gasteiger partial charge in [0.15, 0.2) is 0 Å². The van der Waals surface area contributed by atoms with Crippen molar-refractivity contribution in [2.75, 3.05) is 49.2 Å². The van der Waals surface area contributed by atoms with E-state index in [0.29, 0.717) is 16.9 Å². The summed E-state index contributed by atoms with van der Waals surface area (Å²) in [6.07, 6.45) is 0. The van der Waals surface area contributed by atoms with Crippen molar-refractivity contribution < 1.29 is 4.79 Å². The molecule has 0 unspecified atom stereocenters. The minimum absolute atomic E-state index is 0.153. The van der Waals surface area contributed by atoms with Gasteiger partial charge in [0.2, 0.25) is 0 Å². The summed E-state index contributed by atoms with van der Waals surface area (Å²) in [6.45, 7) is 4.13. The minimum atomic E-state index is -0.153. The van der Waals surface area contributed by atoms with Gasteiger partial charge in [-0.25, -0.2) is 0 Å². The van der Waals surface area contributed by atoms with Crippen molar-refractivity contribution in [3.63, 3.8) is 0 Å². The second-order valence-electron chi connectivity index (χ2n) is 7.07. The molecule has 3 aromatic rings.